The lowest BCUT2D eigenvalue weighted by Gasteiger charge is -2.35. The van der Waals surface area contributed by atoms with Crippen molar-refractivity contribution < 1.29 is 14.3 Å². The fourth-order valence-electron chi connectivity index (χ4n) is 3.86. The highest BCUT2D eigenvalue weighted by Gasteiger charge is 2.20. The van der Waals surface area contributed by atoms with Gasteiger partial charge in [-0.2, -0.15) is 0 Å². The molecule has 0 saturated carbocycles. The van der Waals surface area contributed by atoms with E-state index in [0.717, 1.165) is 37.6 Å². The van der Waals surface area contributed by atoms with E-state index in [9.17, 15) is 9.59 Å². The number of carbonyl (C=O) groups is 2. The molecular formula is C26H28N4O3. The van der Waals surface area contributed by atoms with Crippen LogP contribution < -0.4 is 20.3 Å². The molecule has 1 aliphatic rings. The first-order chi connectivity index (χ1) is 16.1. The van der Waals surface area contributed by atoms with Crippen LogP contribution in [0.5, 0.6) is 5.75 Å². The number of nitrogens with zero attached hydrogens (tertiary/aromatic N) is 2. The molecule has 0 unspecified atom stereocenters. The van der Waals surface area contributed by atoms with Crippen molar-refractivity contribution in [2.75, 3.05) is 55.4 Å². The second-order valence-electron chi connectivity index (χ2n) is 7.88. The first-order valence-electron chi connectivity index (χ1n) is 11.0. The van der Waals surface area contributed by atoms with Gasteiger partial charge in [-0.25, -0.2) is 0 Å². The van der Waals surface area contributed by atoms with Gasteiger partial charge in [-0.1, -0.05) is 30.3 Å². The van der Waals surface area contributed by atoms with Crippen molar-refractivity contribution in [2.45, 2.75) is 0 Å². The summed E-state index contributed by atoms with van der Waals surface area (Å²) in [7, 11) is 1.66. The molecule has 3 aromatic rings. The zero-order valence-corrected chi connectivity index (χ0v) is 18.7. The third kappa shape index (κ3) is 5.90. The maximum atomic E-state index is 12.7. The fraction of sp³-hybridized carbons (Fsp3) is 0.231. The van der Waals surface area contributed by atoms with Gasteiger partial charge in [0.1, 0.15) is 5.75 Å². The monoisotopic (exact) mass is 444 g/mol. The van der Waals surface area contributed by atoms with Gasteiger partial charge in [0.05, 0.1) is 24.9 Å². The Morgan fingerprint density at radius 2 is 1.48 bits per heavy atom. The Labute approximate surface area is 194 Å². The molecule has 1 saturated heterocycles. The quantitative estimate of drug-likeness (QED) is 0.581. The van der Waals surface area contributed by atoms with Crippen LogP contribution in [0.2, 0.25) is 0 Å². The number of para-hydroxylation sites is 2. The van der Waals surface area contributed by atoms with Crippen LogP contribution in [0.4, 0.5) is 17.1 Å². The smallest absolute Gasteiger partial charge is 0.257 e. The van der Waals surface area contributed by atoms with Crippen molar-refractivity contribution in [1.82, 2.24) is 4.90 Å². The van der Waals surface area contributed by atoms with Gasteiger partial charge in [0.2, 0.25) is 5.91 Å². The number of anilines is 3. The van der Waals surface area contributed by atoms with Crippen molar-refractivity contribution in [2.24, 2.45) is 0 Å². The van der Waals surface area contributed by atoms with Gasteiger partial charge in [-0.15, -0.1) is 0 Å². The minimum Gasteiger partial charge on any atom is -0.497 e. The van der Waals surface area contributed by atoms with E-state index in [-0.39, 0.29) is 18.4 Å². The van der Waals surface area contributed by atoms with Gasteiger partial charge in [0, 0.05) is 37.6 Å². The Balaban J connectivity index is 1.31. The molecule has 0 aromatic heterocycles. The summed E-state index contributed by atoms with van der Waals surface area (Å²) in [5.74, 6) is 0.449. The van der Waals surface area contributed by atoms with Crippen LogP contribution in [0.25, 0.3) is 0 Å². The van der Waals surface area contributed by atoms with Crippen LogP contribution in [0, 0.1) is 0 Å². The molecule has 1 aliphatic heterocycles. The molecule has 0 atom stereocenters. The maximum absolute atomic E-state index is 12.7. The first kappa shape index (κ1) is 22.4. The molecule has 170 valence electrons. The number of benzene rings is 3. The van der Waals surface area contributed by atoms with Crippen LogP contribution >= 0.6 is 0 Å². The molecule has 2 amide bonds. The van der Waals surface area contributed by atoms with Crippen LogP contribution in [0.3, 0.4) is 0 Å². The molecule has 3 aromatic carbocycles. The number of rotatable bonds is 7. The van der Waals surface area contributed by atoms with Gasteiger partial charge in [0.15, 0.2) is 0 Å². The first-order valence-corrected chi connectivity index (χ1v) is 11.0. The number of hydrogen-bond donors (Lipinski definition) is 2. The summed E-state index contributed by atoms with van der Waals surface area (Å²) >= 11 is 0. The predicted molar refractivity (Wildman–Crippen MR) is 131 cm³/mol. The van der Waals surface area contributed by atoms with Crippen molar-refractivity contribution in [3.8, 4) is 5.75 Å². The number of nitrogens with one attached hydrogen (secondary N) is 2. The molecule has 0 aliphatic carbocycles. The summed E-state index contributed by atoms with van der Waals surface area (Å²) in [6.45, 7) is 3.54. The highest BCUT2D eigenvalue weighted by Crippen LogP contribution is 2.21. The summed E-state index contributed by atoms with van der Waals surface area (Å²) < 4.78 is 5.22. The number of amides is 2. The number of hydrogen-bond acceptors (Lipinski definition) is 5. The van der Waals surface area contributed by atoms with Crippen molar-refractivity contribution in [3.05, 3.63) is 84.4 Å². The standard InChI is InChI=1S/C26H28N4O3/c1-33-22-13-11-21(12-14-22)30-17-15-29(16-18-30)19-25(31)28-24-10-6-5-9-23(24)26(32)27-20-7-3-2-4-8-20/h2-14H,15-19H2,1H3,(H,27,32)(H,28,31). The number of piperazine rings is 1. The lowest BCUT2D eigenvalue weighted by atomic mass is 10.1. The Hall–Kier alpha value is -3.84. The summed E-state index contributed by atoms with van der Waals surface area (Å²) in [5, 5.41) is 5.78. The Kier molecular flexibility index (Phi) is 7.22. The van der Waals surface area contributed by atoms with E-state index < -0.39 is 0 Å². The minimum absolute atomic E-state index is 0.132. The SMILES string of the molecule is COc1ccc(N2CCN(CC(=O)Nc3ccccc3C(=O)Nc3ccccc3)CC2)cc1. The van der Waals surface area contributed by atoms with E-state index in [1.165, 1.54) is 0 Å². The third-order valence-corrected chi connectivity index (χ3v) is 5.65. The summed E-state index contributed by atoms with van der Waals surface area (Å²) in [6, 6.07) is 24.3. The molecule has 33 heavy (non-hydrogen) atoms. The highest BCUT2D eigenvalue weighted by atomic mass is 16.5. The summed E-state index contributed by atoms with van der Waals surface area (Å²) in [5.41, 5.74) is 2.79. The molecule has 0 spiro atoms. The average molecular weight is 445 g/mol. The van der Waals surface area contributed by atoms with Crippen molar-refractivity contribution in [3.63, 3.8) is 0 Å². The second-order valence-corrected chi connectivity index (χ2v) is 7.88. The van der Waals surface area contributed by atoms with E-state index >= 15 is 0 Å². The maximum Gasteiger partial charge on any atom is 0.257 e. The van der Waals surface area contributed by atoms with Crippen molar-refractivity contribution >= 4 is 28.9 Å². The molecule has 7 nitrogen and oxygen atoms in total. The molecule has 7 heteroatoms. The molecule has 0 bridgehead atoms. The van der Waals surface area contributed by atoms with Crippen molar-refractivity contribution in [1.29, 1.82) is 0 Å². The van der Waals surface area contributed by atoms with Gasteiger partial charge in [-0.05, 0) is 48.5 Å². The Morgan fingerprint density at radius 3 is 2.18 bits per heavy atom. The lowest BCUT2D eigenvalue weighted by Crippen LogP contribution is -2.48. The van der Waals surface area contributed by atoms with Crippen LogP contribution in [0.1, 0.15) is 10.4 Å². The molecular weight excluding hydrogens is 416 g/mol. The number of ether oxygens (including phenoxy) is 1. The van der Waals surface area contributed by atoms with Crippen LogP contribution in [-0.2, 0) is 4.79 Å². The summed E-state index contributed by atoms with van der Waals surface area (Å²) in [4.78, 5) is 29.9. The molecule has 4 rings (SSSR count). The zero-order valence-electron chi connectivity index (χ0n) is 18.7. The third-order valence-electron chi connectivity index (χ3n) is 5.65. The molecule has 2 N–H and O–H groups in total. The lowest BCUT2D eigenvalue weighted by molar-refractivity contribution is -0.117. The molecule has 0 radical (unpaired) electrons. The number of carbonyl (C=O) groups excluding carboxylic acids is 2. The van der Waals surface area contributed by atoms with Gasteiger partial charge in [0.25, 0.3) is 5.91 Å². The van der Waals surface area contributed by atoms with E-state index in [0.29, 0.717) is 16.9 Å². The Morgan fingerprint density at radius 1 is 0.818 bits per heavy atom. The predicted octanol–water partition coefficient (Wildman–Crippen LogP) is 3.71. The van der Waals surface area contributed by atoms with Gasteiger partial charge < -0.3 is 20.3 Å². The molecule has 1 heterocycles. The number of methoxy groups -OCH3 is 1. The van der Waals surface area contributed by atoms with Gasteiger partial charge >= 0.3 is 0 Å². The minimum atomic E-state index is -0.259. The van der Waals surface area contributed by atoms with E-state index in [2.05, 4.69) is 32.6 Å². The normalized spacial score (nSPS) is 13.9. The Bertz CT molecular complexity index is 1080. The summed E-state index contributed by atoms with van der Waals surface area (Å²) in [6.07, 6.45) is 0. The van der Waals surface area contributed by atoms with Crippen LogP contribution in [0.15, 0.2) is 78.9 Å². The largest absolute Gasteiger partial charge is 0.497 e. The van der Waals surface area contributed by atoms with Crippen LogP contribution in [-0.4, -0.2) is 56.5 Å². The van der Waals surface area contributed by atoms with E-state index in [4.69, 9.17) is 4.74 Å². The fourth-order valence-corrected chi connectivity index (χ4v) is 3.86. The average Bonchev–Trinajstić information content (AvgIpc) is 2.85. The highest BCUT2D eigenvalue weighted by molar-refractivity contribution is 6.10. The van der Waals surface area contributed by atoms with Gasteiger partial charge in [-0.3, -0.25) is 14.5 Å². The zero-order chi connectivity index (χ0) is 23.0. The van der Waals surface area contributed by atoms with E-state index in [1.807, 2.05) is 48.5 Å². The second kappa shape index (κ2) is 10.7. The molecule has 1 fully saturated rings. The topological polar surface area (TPSA) is 73.9 Å². The van der Waals surface area contributed by atoms with E-state index in [1.54, 1.807) is 25.3 Å².